The molecule has 2 aromatic heterocycles. The maximum atomic E-state index is 13.1. The van der Waals surface area contributed by atoms with Crippen LogP contribution in [0.4, 0.5) is 0 Å². The van der Waals surface area contributed by atoms with Crippen molar-refractivity contribution in [2.45, 2.75) is 13.0 Å². The molecule has 0 amide bonds. The van der Waals surface area contributed by atoms with Crippen LogP contribution in [0.1, 0.15) is 16.7 Å². The monoisotopic (exact) mass is 418 g/mol. The van der Waals surface area contributed by atoms with Gasteiger partial charge in [-0.05, 0) is 34.5 Å². The fourth-order valence-electron chi connectivity index (χ4n) is 3.43. The summed E-state index contributed by atoms with van der Waals surface area (Å²) in [5.74, 6) is 6.86. The van der Waals surface area contributed by atoms with Crippen molar-refractivity contribution < 1.29 is 0 Å². The van der Waals surface area contributed by atoms with Crippen molar-refractivity contribution in [3.05, 3.63) is 106 Å². The first-order chi connectivity index (χ1) is 15.8. The van der Waals surface area contributed by atoms with Crippen LogP contribution in [0.25, 0.3) is 22.3 Å². The second-order valence-corrected chi connectivity index (χ2v) is 7.31. The Balaban J connectivity index is 1.39. The van der Waals surface area contributed by atoms with Crippen molar-refractivity contribution in [2.75, 3.05) is 0 Å². The Bertz CT molecular complexity index is 1480. The fourth-order valence-corrected chi connectivity index (χ4v) is 3.43. The molecule has 0 aliphatic rings. The number of aromatic nitrogens is 6. The average Bonchev–Trinajstić information content (AvgIpc) is 3.37. The summed E-state index contributed by atoms with van der Waals surface area (Å²) in [5.41, 5.74) is 4.35. The Kier molecular flexibility index (Phi) is 5.25. The van der Waals surface area contributed by atoms with Crippen molar-refractivity contribution in [3.63, 3.8) is 0 Å². The van der Waals surface area contributed by atoms with Gasteiger partial charge in [0.1, 0.15) is 0 Å². The highest BCUT2D eigenvalue weighted by Crippen LogP contribution is 2.15. The van der Waals surface area contributed by atoms with Crippen LogP contribution in [-0.2, 0) is 13.0 Å². The zero-order valence-corrected chi connectivity index (χ0v) is 17.1. The van der Waals surface area contributed by atoms with E-state index in [1.54, 1.807) is 10.9 Å². The zero-order valence-electron chi connectivity index (χ0n) is 17.1. The molecule has 0 atom stereocenters. The van der Waals surface area contributed by atoms with Gasteiger partial charge in [0.2, 0.25) is 5.82 Å². The van der Waals surface area contributed by atoms with E-state index in [1.807, 2.05) is 72.8 Å². The van der Waals surface area contributed by atoms with Gasteiger partial charge in [-0.1, -0.05) is 66.4 Å². The molecule has 5 rings (SSSR count). The average molecular weight is 418 g/mol. The lowest BCUT2D eigenvalue weighted by atomic mass is 10.1. The van der Waals surface area contributed by atoms with E-state index in [0.29, 0.717) is 29.7 Å². The molecule has 1 N–H and O–H groups in total. The van der Waals surface area contributed by atoms with E-state index >= 15 is 0 Å². The van der Waals surface area contributed by atoms with Gasteiger partial charge in [0.15, 0.2) is 0 Å². The van der Waals surface area contributed by atoms with E-state index in [9.17, 15) is 4.79 Å². The van der Waals surface area contributed by atoms with Gasteiger partial charge >= 0.3 is 0 Å². The minimum Gasteiger partial charge on any atom is -0.294 e. The Hall–Kier alpha value is -4.57. The number of aromatic amines is 1. The summed E-state index contributed by atoms with van der Waals surface area (Å²) < 4.78 is 1.60. The summed E-state index contributed by atoms with van der Waals surface area (Å²) in [5, 5.41) is 14.5. The fraction of sp³-hybridized carbons (Fsp3) is 0.0800. The number of H-pyrrole nitrogens is 1. The maximum absolute atomic E-state index is 13.1. The molecular formula is C25H18N6O. The molecule has 5 aromatic rings. The number of tetrazole rings is 1. The van der Waals surface area contributed by atoms with Crippen LogP contribution < -0.4 is 5.56 Å². The third-order valence-corrected chi connectivity index (χ3v) is 5.10. The smallest absolute Gasteiger partial charge is 0.261 e. The molecule has 32 heavy (non-hydrogen) atoms. The van der Waals surface area contributed by atoms with Gasteiger partial charge < -0.3 is 0 Å². The SMILES string of the molecule is O=c1c2cc(C#CCc3ccccc3)ccc2ncn1Cc1ccc(-c2nn[nH]n2)cc1. The third-order valence-electron chi connectivity index (χ3n) is 5.10. The minimum atomic E-state index is -0.0936. The predicted octanol–water partition coefficient (Wildman–Crippen LogP) is 3.22. The van der Waals surface area contributed by atoms with E-state index in [-0.39, 0.29) is 5.56 Å². The van der Waals surface area contributed by atoms with Crippen LogP contribution in [0.2, 0.25) is 0 Å². The van der Waals surface area contributed by atoms with Crippen molar-refractivity contribution >= 4 is 10.9 Å². The van der Waals surface area contributed by atoms with Crippen molar-refractivity contribution in [1.29, 1.82) is 0 Å². The summed E-state index contributed by atoms with van der Waals surface area (Å²) in [6, 6.07) is 23.3. The standard InChI is InChI=1S/C25H18N6O/c32-25-22-15-19(8-4-7-18-5-2-1-3-6-18)11-14-23(22)26-17-31(25)16-20-9-12-21(13-10-20)24-27-29-30-28-24/h1-3,5-6,9-15,17H,7,16H2,(H,27,28,29,30). The molecular weight excluding hydrogens is 400 g/mol. The number of nitrogens with one attached hydrogen (secondary N) is 1. The Morgan fingerprint density at radius 1 is 0.938 bits per heavy atom. The van der Waals surface area contributed by atoms with Crippen molar-refractivity contribution in [3.8, 4) is 23.2 Å². The van der Waals surface area contributed by atoms with Gasteiger partial charge in [-0.15, -0.1) is 10.2 Å². The molecule has 0 saturated heterocycles. The van der Waals surface area contributed by atoms with Crippen molar-refractivity contribution in [2.24, 2.45) is 0 Å². The van der Waals surface area contributed by atoms with Crippen LogP contribution in [0.3, 0.4) is 0 Å². The molecule has 0 saturated carbocycles. The predicted molar refractivity (Wildman–Crippen MR) is 122 cm³/mol. The van der Waals surface area contributed by atoms with E-state index in [0.717, 1.165) is 22.3 Å². The topological polar surface area (TPSA) is 89.4 Å². The highest BCUT2D eigenvalue weighted by atomic mass is 16.1. The van der Waals surface area contributed by atoms with Gasteiger partial charge in [-0.2, -0.15) is 5.21 Å². The minimum absolute atomic E-state index is 0.0936. The molecule has 154 valence electrons. The second-order valence-electron chi connectivity index (χ2n) is 7.31. The first-order valence-corrected chi connectivity index (χ1v) is 10.1. The largest absolute Gasteiger partial charge is 0.294 e. The molecule has 7 nitrogen and oxygen atoms in total. The molecule has 3 aromatic carbocycles. The van der Waals surface area contributed by atoms with Gasteiger partial charge in [-0.25, -0.2) is 4.98 Å². The summed E-state index contributed by atoms with van der Waals surface area (Å²) in [6.07, 6.45) is 2.24. The molecule has 0 bridgehead atoms. The first-order valence-electron chi connectivity index (χ1n) is 10.1. The highest BCUT2D eigenvalue weighted by Gasteiger charge is 2.07. The Morgan fingerprint density at radius 2 is 1.78 bits per heavy atom. The van der Waals surface area contributed by atoms with Crippen LogP contribution in [-0.4, -0.2) is 30.2 Å². The number of hydrogen-bond donors (Lipinski definition) is 1. The van der Waals surface area contributed by atoms with E-state index in [1.165, 1.54) is 0 Å². The Morgan fingerprint density at radius 3 is 2.56 bits per heavy atom. The maximum Gasteiger partial charge on any atom is 0.261 e. The van der Waals surface area contributed by atoms with E-state index < -0.39 is 0 Å². The normalized spacial score (nSPS) is 10.6. The molecule has 0 unspecified atom stereocenters. The third kappa shape index (κ3) is 4.16. The highest BCUT2D eigenvalue weighted by molar-refractivity contribution is 5.79. The number of hydrogen-bond acceptors (Lipinski definition) is 5. The summed E-state index contributed by atoms with van der Waals surface area (Å²) in [4.78, 5) is 17.5. The molecule has 0 aliphatic carbocycles. The van der Waals surface area contributed by atoms with Crippen LogP contribution in [0.5, 0.6) is 0 Å². The lowest BCUT2D eigenvalue weighted by molar-refractivity contribution is 0.748. The molecule has 0 fully saturated rings. The number of fused-ring (bicyclic) bond motifs is 1. The van der Waals surface area contributed by atoms with Crippen LogP contribution in [0, 0.1) is 11.8 Å². The van der Waals surface area contributed by atoms with Gasteiger partial charge in [0.25, 0.3) is 5.56 Å². The van der Waals surface area contributed by atoms with Gasteiger partial charge in [0, 0.05) is 17.5 Å². The first kappa shape index (κ1) is 19.4. The lowest BCUT2D eigenvalue weighted by Crippen LogP contribution is -2.21. The van der Waals surface area contributed by atoms with Gasteiger partial charge in [-0.3, -0.25) is 9.36 Å². The molecule has 0 aliphatic heterocycles. The Labute approximate surface area is 183 Å². The molecule has 2 heterocycles. The number of benzene rings is 3. The van der Waals surface area contributed by atoms with Crippen molar-refractivity contribution in [1.82, 2.24) is 30.2 Å². The lowest BCUT2D eigenvalue weighted by Gasteiger charge is -2.07. The zero-order chi connectivity index (χ0) is 21.8. The van der Waals surface area contributed by atoms with Gasteiger partial charge in [0.05, 0.1) is 23.8 Å². The van der Waals surface area contributed by atoms with E-state index in [2.05, 4.69) is 37.4 Å². The quantitative estimate of drug-likeness (QED) is 0.453. The second kappa shape index (κ2) is 8.66. The molecule has 7 heteroatoms. The van der Waals surface area contributed by atoms with Crippen LogP contribution in [0.15, 0.2) is 83.9 Å². The number of nitrogens with zero attached hydrogens (tertiary/aromatic N) is 5. The molecule has 0 spiro atoms. The van der Waals surface area contributed by atoms with Crippen LogP contribution >= 0.6 is 0 Å². The summed E-state index contributed by atoms with van der Waals surface area (Å²) >= 11 is 0. The van der Waals surface area contributed by atoms with E-state index in [4.69, 9.17) is 0 Å². The summed E-state index contributed by atoms with van der Waals surface area (Å²) in [7, 11) is 0. The summed E-state index contributed by atoms with van der Waals surface area (Å²) in [6.45, 7) is 0.415. The molecule has 0 radical (unpaired) electrons. The number of rotatable bonds is 4.